The van der Waals surface area contributed by atoms with E-state index in [0.717, 1.165) is 17.1 Å². The molecule has 0 radical (unpaired) electrons. The Kier molecular flexibility index (Phi) is 6.43. The van der Waals surface area contributed by atoms with Crippen molar-refractivity contribution >= 4 is 60.2 Å². The van der Waals surface area contributed by atoms with Crippen molar-refractivity contribution in [2.24, 2.45) is 0 Å². The summed E-state index contributed by atoms with van der Waals surface area (Å²) in [6, 6.07) is 78.9. The van der Waals surface area contributed by atoms with E-state index in [9.17, 15) is 0 Å². The van der Waals surface area contributed by atoms with Crippen LogP contribution in [-0.2, 0) is 5.41 Å². The summed E-state index contributed by atoms with van der Waals surface area (Å²) in [5, 5.41) is 10.9. The molecule has 0 heterocycles. The van der Waals surface area contributed by atoms with Crippen LogP contribution in [0.15, 0.2) is 212 Å². The van der Waals surface area contributed by atoms with E-state index in [0.29, 0.717) is 0 Å². The average molecular weight is 734 g/mol. The number of hydrogen-bond donors (Lipinski definition) is 0. The Bertz CT molecular complexity index is 3440. The minimum Gasteiger partial charge on any atom is -0.310 e. The molecular formula is C57H35N. The third kappa shape index (κ3) is 4.10. The smallest absolute Gasteiger partial charge is 0.0726 e. The Balaban J connectivity index is 1.01. The summed E-state index contributed by atoms with van der Waals surface area (Å²) in [6.45, 7) is 0. The number of benzene rings is 11. The molecule has 0 aliphatic heterocycles. The molecule has 0 aromatic heterocycles. The minimum absolute atomic E-state index is 0.422. The van der Waals surface area contributed by atoms with Crippen molar-refractivity contribution in [1.82, 2.24) is 0 Å². The second kappa shape index (κ2) is 11.8. The van der Waals surface area contributed by atoms with Crippen LogP contribution in [0.1, 0.15) is 22.3 Å². The van der Waals surface area contributed by atoms with Crippen molar-refractivity contribution in [2.75, 3.05) is 4.90 Å². The highest BCUT2D eigenvalue weighted by Crippen LogP contribution is 2.65. The van der Waals surface area contributed by atoms with Gasteiger partial charge in [0.1, 0.15) is 0 Å². The molecule has 1 unspecified atom stereocenters. The van der Waals surface area contributed by atoms with Gasteiger partial charge >= 0.3 is 0 Å². The van der Waals surface area contributed by atoms with Gasteiger partial charge in [0.2, 0.25) is 0 Å². The molecule has 0 bridgehead atoms. The standard InChI is InChI=1S/C57H35N/c1-3-13-36(14-4-1)40-16-9-19-43(35-40)58(41-17-5-2-6-18-41)42-32-29-37(30-33-42)44-21-11-25-49-54(44)47-20-7-8-24-48(47)57(49)50-26-12-23-46-45-22-10-15-38-27-28-39-31-34-51(57)56(55(46)50)53(39)52(38)45/h1-35H. The van der Waals surface area contributed by atoms with Crippen LogP contribution >= 0.6 is 0 Å². The summed E-state index contributed by atoms with van der Waals surface area (Å²) in [5.41, 5.74) is 16.0. The molecule has 1 atom stereocenters. The van der Waals surface area contributed by atoms with Crippen molar-refractivity contribution in [3.8, 4) is 33.4 Å². The first-order chi connectivity index (χ1) is 28.8. The fraction of sp³-hybridized carbons (Fsp3) is 0.0175. The highest BCUT2D eigenvalue weighted by atomic mass is 15.1. The Morgan fingerprint density at radius 2 is 0.862 bits per heavy atom. The van der Waals surface area contributed by atoms with Crippen LogP contribution in [0.4, 0.5) is 17.1 Å². The summed E-state index contributed by atoms with van der Waals surface area (Å²) in [5.74, 6) is 0. The maximum atomic E-state index is 2.44. The molecule has 11 aromatic carbocycles. The summed E-state index contributed by atoms with van der Waals surface area (Å²) in [4.78, 5) is 2.36. The van der Waals surface area contributed by atoms with E-state index in [1.807, 2.05) is 0 Å². The third-order valence-corrected chi connectivity index (χ3v) is 13.2. The van der Waals surface area contributed by atoms with Crippen molar-refractivity contribution < 1.29 is 0 Å². The first kappa shape index (κ1) is 31.7. The predicted octanol–water partition coefficient (Wildman–Crippen LogP) is 15.2. The zero-order valence-corrected chi connectivity index (χ0v) is 31.7. The van der Waals surface area contributed by atoms with Crippen LogP contribution in [0.3, 0.4) is 0 Å². The maximum Gasteiger partial charge on any atom is 0.0726 e. The second-order valence-electron chi connectivity index (χ2n) is 15.9. The molecule has 2 aliphatic carbocycles. The zero-order valence-electron chi connectivity index (χ0n) is 31.7. The van der Waals surface area contributed by atoms with Crippen LogP contribution in [0.25, 0.3) is 76.5 Å². The fourth-order valence-electron chi connectivity index (χ4n) is 10.9. The number of anilines is 3. The predicted molar refractivity (Wildman–Crippen MR) is 244 cm³/mol. The van der Waals surface area contributed by atoms with E-state index < -0.39 is 5.41 Å². The van der Waals surface area contributed by atoms with Gasteiger partial charge in [-0.05, 0) is 135 Å². The highest BCUT2D eigenvalue weighted by Gasteiger charge is 2.51. The Morgan fingerprint density at radius 1 is 0.293 bits per heavy atom. The molecule has 0 saturated heterocycles. The highest BCUT2D eigenvalue weighted by molar-refractivity contribution is 6.36. The van der Waals surface area contributed by atoms with Gasteiger partial charge in [0, 0.05) is 17.1 Å². The SMILES string of the molecule is c1ccc(-c2cccc(N(c3ccccc3)c3ccc(-c4cccc5c4-c4ccccc4C54c5cccc6c7cccc8ccc9ccc4c(c56)c9c87)cc3)c2)cc1. The Labute approximate surface area is 337 Å². The zero-order chi connectivity index (χ0) is 38.0. The second-order valence-corrected chi connectivity index (χ2v) is 15.9. The van der Waals surface area contributed by atoms with Gasteiger partial charge in [-0.1, -0.05) is 176 Å². The quantitative estimate of drug-likeness (QED) is 0.126. The lowest BCUT2D eigenvalue weighted by atomic mass is 9.70. The van der Waals surface area contributed by atoms with Crippen LogP contribution < -0.4 is 4.90 Å². The molecule has 1 spiro atoms. The van der Waals surface area contributed by atoms with Crippen LogP contribution in [-0.4, -0.2) is 0 Å². The van der Waals surface area contributed by atoms with Gasteiger partial charge in [0.15, 0.2) is 0 Å². The lowest BCUT2D eigenvalue weighted by Gasteiger charge is -2.31. The normalized spacial score (nSPS) is 15.0. The monoisotopic (exact) mass is 733 g/mol. The largest absolute Gasteiger partial charge is 0.310 e. The van der Waals surface area contributed by atoms with E-state index in [-0.39, 0.29) is 0 Å². The van der Waals surface area contributed by atoms with Crippen molar-refractivity contribution in [3.05, 3.63) is 235 Å². The summed E-state index contributed by atoms with van der Waals surface area (Å²) >= 11 is 0. The van der Waals surface area contributed by atoms with Crippen molar-refractivity contribution in [2.45, 2.75) is 5.41 Å². The number of fused-ring (bicyclic) bond motifs is 8. The molecule has 11 aromatic rings. The van der Waals surface area contributed by atoms with Gasteiger partial charge < -0.3 is 4.90 Å². The van der Waals surface area contributed by atoms with Gasteiger partial charge in [-0.25, -0.2) is 0 Å². The van der Waals surface area contributed by atoms with Gasteiger partial charge in [-0.15, -0.1) is 0 Å². The molecule has 58 heavy (non-hydrogen) atoms. The Hall–Kier alpha value is -7.48. The summed E-state index contributed by atoms with van der Waals surface area (Å²) in [6.07, 6.45) is 0. The van der Waals surface area contributed by atoms with Gasteiger partial charge in [0.25, 0.3) is 0 Å². The summed E-state index contributed by atoms with van der Waals surface area (Å²) < 4.78 is 0. The average Bonchev–Trinajstić information content (AvgIpc) is 3.77. The lowest BCUT2D eigenvalue weighted by Crippen LogP contribution is -2.26. The molecule has 13 rings (SSSR count). The van der Waals surface area contributed by atoms with Crippen LogP contribution in [0, 0.1) is 0 Å². The molecule has 2 aliphatic rings. The third-order valence-electron chi connectivity index (χ3n) is 13.2. The summed E-state index contributed by atoms with van der Waals surface area (Å²) in [7, 11) is 0. The topological polar surface area (TPSA) is 3.24 Å². The Morgan fingerprint density at radius 3 is 1.71 bits per heavy atom. The number of hydrogen-bond acceptors (Lipinski definition) is 1. The molecular weight excluding hydrogens is 699 g/mol. The number of nitrogens with zero attached hydrogens (tertiary/aromatic N) is 1. The number of para-hydroxylation sites is 1. The van der Waals surface area contributed by atoms with E-state index in [2.05, 4.69) is 217 Å². The van der Waals surface area contributed by atoms with Crippen molar-refractivity contribution in [3.63, 3.8) is 0 Å². The van der Waals surface area contributed by atoms with E-state index in [1.54, 1.807) is 0 Å². The first-order valence-electron chi connectivity index (χ1n) is 20.3. The molecule has 0 fully saturated rings. The molecule has 0 amide bonds. The van der Waals surface area contributed by atoms with E-state index in [1.165, 1.54) is 98.7 Å². The van der Waals surface area contributed by atoms with Crippen molar-refractivity contribution in [1.29, 1.82) is 0 Å². The molecule has 268 valence electrons. The van der Waals surface area contributed by atoms with Crippen LogP contribution in [0.2, 0.25) is 0 Å². The fourth-order valence-corrected chi connectivity index (χ4v) is 10.9. The first-order valence-corrected chi connectivity index (χ1v) is 20.3. The lowest BCUT2D eigenvalue weighted by molar-refractivity contribution is 0.797. The molecule has 1 nitrogen and oxygen atoms in total. The van der Waals surface area contributed by atoms with Crippen LogP contribution in [0.5, 0.6) is 0 Å². The number of rotatable bonds is 5. The van der Waals surface area contributed by atoms with Gasteiger partial charge in [-0.3, -0.25) is 0 Å². The molecule has 1 heteroatoms. The van der Waals surface area contributed by atoms with Gasteiger partial charge in [0.05, 0.1) is 5.41 Å². The van der Waals surface area contributed by atoms with E-state index in [4.69, 9.17) is 0 Å². The van der Waals surface area contributed by atoms with Gasteiger partial charge in [-0.2, -0.15) is 0 Å². The maximum absolute atomic E-state index is 2.44. The van der Waals surface area contributed by atoms with E-state index >= 15 is 0 Å². The minimum atomic E-state index is -0.422. The molecule has 0 N–H and O–H groups in total. The molecule has 0 saturated carbocycles.